The average Bonchev–Trinajstić information content (AvgIpc) is 2.84. The third-order valence-corrected chi connectivity index (χ3v) is 11.6. The molecule has 0 atom stereocenters. The summed E-state index contributed by atoms with van der Waals surface area (Å²) in [4.78, 5) is 13.4. The van der Waals surface area contributed by atoms with Crippen molar-refractivity contribution in [2.45, 2.75) is 3.79 Å². The summed E-state index contributed by atoms with van der Waals surface area (Å²) >= 11 is 18.2. The second-order valence-electron chi connectivity index (χ2n) is 7.25. The minimum absolute atomic E-state index is 0.824. The molecule has 4 rings (SSSR count). The zero-order valence-electron chi connectivity index (χ0n) is 16.9. The van der Waals surface area contributed by atoms with Gasteiger partial charge in [0.15, 0.2) is 0 Å². The van der Waals surface area contributed by atoms with E-state index in [1.54, 1.807) is 0 Å². The van der Waals surface area contributed by atoms with Gasteiger partial charge in [-0.3, -0.25) is 0 Å². The Labute approximate surface area is 202 Å². The van der Waals surface area contributed by atoms with Crippen molar-refractivity contribution in [3.05, 3.63) is 121 Å². The van der Waals surface area contributed by atoms with E-state index < -0.39 is 16.6 Å². The van der Waals surface area contributed by atoms with Crippen molar-refractivity contribution in [3.8, 4) is 0 Å². The van der Waals surface area contributed by atoms with Crippen LogP contribution in [-0.4, -0.2) is 9.76 Å². The molecule has 0 aliphatic heterocycles. The van der Waals surface area contributed by atoms with Crippen molar-refractivity contribution in [2.75, 3.05) is 0 Å². The molecule has 4 aromatic carbocycles. The van der Waals surface area contributed by atoms with Crippen LogP contribution in [0, 0.1) is 0 Å². The molecular weight excluding hydrogens is 482 g/mol. The molecule has 0 unspecified atom stereocenters. The minimum atomic E-state index is -4.16. The van der Waals surface area contributed by atoms with Crippen molar-refractivity contribution < 1.29 is 9.32 Å². The van der Waals surface area contributed by atoms with Crippen LogP contribution in [0.1, 0.15) is 0 Å². The fraction of sp³-hybridized carbons (Fsp3) is 0.0385. The molecule has 0 fully saturated rings. The topological polar surface area (TPSA) is 26.3 Å². The number of alkyl halides is 3. The second-order valence-corrected chi connectivity index (χ2v) is 13.9. The molecule has 0 spiro atoms. The van der Waals surface area contributed by atoms with Gasteiger partial charge in [-0.2, -0.15) is 0 Å². The summed E-state index contributed by atoms with van der Waals surface area (Å²) in [6, 6.07) is 38.8. The van der Waals surface area contributed by atoms with Gasteiger partial charge in [-0.1, -0.05) is 0 Å². The van der Waals surface area contributed by atoms with Gasteiger partial charge in [-0.05, 0) is 0 Å². The number of hydrogen-bond donors (Lipinski definition) is 0. The van der Waals surface area contributed by atoms with E-state index in [-0.39, 0.29) is 0 Å². The van der Waals surface area contributed by atoms with Crippen molar-refractivity contribution in [2.24, 2.45) is 0 Å². The molecule has 162 valence electrons. The second kappa shape index (κ2) is 8.89. The van der Waals surface area contributed by atoms with Gasteiger partial charge in [-0.15, -0.1) is 0 Å². The number of benzene rings is 4. The van der Waals surface area contributed by atoms with Gasteiger partial charge in [0.05, 0.1) is 0 Å². The molecule has 2 nitrogen and oxygen atoms in total. The molecule has 0 aliphatic rings. The Morgan fingerprint density at radius 3 is 1.00 bits per heavy atom. The molecule has 0 aromatic heterocycles. The molecule has 0 heterocycles. The van der Waals surface area contributed by atoms with Gasteiger partial charge in [0, 0.05) is 0 Å². The van der Waals surface area contributed by atoms with E-state index in [4.69, 9.17) is 39.3 Å². The van der Waals surface area contributed by atoms with Crippen LogP contribution in [0.4, 0.5) is 0 Å². The van der Waals surface area contributed by atoms with Crippen LogP contribution in [0.15, 0.2) is 121 Å². The van der Waals surface area contributed by atoms with Crippen molar-refractivity contribution >= 4 is 68.8 Å². The third-order valence-electron chi connectivity index (χ3n) is 5.49. The van der Waals surface area contributed by atoms with E-state index in [0.29, 0.717) is 0 Å². The number of halogens is 3. The molecule has 0 saturated heterocycles. The van der Waals surface area contributed by atoms with E-state index in [1.807, 2.05) is 121 Å². The maximum atomic E-state index is 13.4. The van der Waals surface area contributed by atoms with Crippen LogP contribution in [0.5, 0.6) is 0 Å². The fourth-order valence-corrected chi connectivity index (χ4v) is 10.1. The molecule has 0 bridgehead atoms. The molecule has 0 radical (unpaired) electrons. The van der Waals surface area contributed by atoms with E-state index in [0.717, 1.165) is 21.2 Å². The standard InChI is InChI=1S/C26H20Cl3O2P/c27-26(28,29)25(30)31-32(21-13-5-1-6-14-21,22-15-7-2-8-16-22,23-17-9-3-10-18-23)24-19-11-4-12-20-24/h1-20H. The van der Waals surface area contributed by atoms with Crippen LogP contribution in [0.3, 0.4) is 0 Å². The monoisotopic (exact) mass is 500 g/mol. The molecule has 6 heteroatoms. The van der Waals surface area contributed by atoms with Crippen molar-refractivity contribution in [1.29, 1.82) is 0 Å². The van der Waals surface area contributed by atoms with Crippen LogP contribution in [0.25, 0.3) is 0 Å². The number of carbonyl (C=O) groups excluding carboxylic acids is 1. The van der Waals surface area contributed by atoms with Gasteiger partial charge in [-0.25, -0.2) is 0 Å². The van der Waals surface area contributed by atoms with Crippen molar-refractivity contribution in [3.63, 3.8) is 0 Å². The Morgan fingerprint density at radius 1 is 0.531 bits per heavy atom. The third kappa shape index (κ3) is 3.62. The van der Waals surface area contributed by atoms with E-state index in [1.165, 1.54) is 0 Å². The van der Waals surface area contributed by atoms with Crippen LogP contribution < -0.4 is 21.2 Å². The summed E-state index contributed by atoms with van der Waals surface area (Å²) in [5.74, 6) is -0.930. The van der Waals surface area contributed by atoms with Gasteiger partial charge in [0.1, 0.15) is 0 Å². The summed E-state index contributed by atoms with van der Waals surface area (Å²) in [6.07, 6.45) is 0. The Balaban J connectivity index is 2.28. The fourth-order valence-electron chi connectivity index (χ4n) is 4.17. The average molecular weight is 502 g/mol. The number of carbonyl (C=O) groups is 1. The Hall–Kier alpha value is -2.35. The summed E-state index contributed by atoms with van der Waals surface area (Å²) in [5.41, 5.74) is 0. The molecule has 0 saturated carbocycles. The molecule has 0 aliphatic carbocycles. The Morgan fingerprint density at radius 2 is 0.781 bits per heavy atom. The van der Waals surface area contributed by atoms with Crippen molar-refractivity contribution in [1.82, 2.24) is 0 Å². The van der Waals surface area contributed by atoms with E-state index in [9.17, 15) is 4.79 Å². The number of rotatable bonds is 5. The first-order valence-electron chi connectivity index (χ1n) is 9.94. The predicted molar refractivity (Wildman–Crippen MR) is 138 cm³/mol. The van der Waals surface area contributed by atoms with Crippen LogP contribution >= 0.6 is 41.6 Å². The SMILES string of the molecule is O=C(OP(c1ccccc1)(c1ccccc1)(c1ccccc1)c1ccccc1)C(Cl)(Cl)Cl. The Bertz CT molecular complexity index is 1030. The molecular formula is C26H20Cl3O2P. The molecule has 0 amide bonds. The van der Waals surface area contributed by atoms with Crippen LogP contribution in [-0.2, 0) is 9.32 Å². The van der Waals surface area contributed by atoms with Gasteiger partial charge < -0.3 is 0 Å². The van der Waals surface area contributed by atoms with Gasteiger partial charge in [0.25, 0.3) is 0 Å². The van der Waals surface area contributed by atoms with Gasteiger partial charge in [0.2, 0.25) is 0 Å². The van der Waals surface area contributed by atoms with E-state index >= 15 is 0 Å². The number of hydrogen-bond acceptors (Lipinski definition) is 2. The zero-order valence-corrected chi connectivity index (χ0v) is 20.1. The maximum absolute atomic E-state index is 13.4. The first-order valence-corrected chi connectivity index (χ1v) is 13.2. The molecule has 4 aromatic rings. The van der Waals surface area contributed by atoms with Crippen LogP contribution in [0.2, 0.25) is 0 Å². The quantitative estimate of drug-likeness (QED) is 0.260. The summed E-state index contributed by atoms with van der Waals surface area (Å²) < 4.78 is 4.38. The first-order chi connectivity index (χ1) is 15.4. The normalized spacial score (nSPS) is 13.0. The van der Waals surface area contributed by atoms with Gasteiger partial charge >= 0.3 is 203 Å². The Kier molecular flexibility index (Phi) is 6.34. The summed E-state index contributed by atoms with van der Waals surface area (Å²) in [5, 5.41) is 3.30. The molecule has 0 N–H and O–H groups in total. The first kappa shape index (κ1) is 22.8. The summed E-state index contributed by atoms with van der Waals surface area (Å²) in [7, 11) is 0. The van der Waals surface area contributed by atoms with E-state index in [2.05, 4.69) is 0 Å². The zero-order chi connectivity index (χ0) is 22.7. The molecule has 32 heavy (non-hydrogen) atoms. The summed E-state index contributed by atoms with van der Waals surface area (Å²) in [6.45, 7) is -4.16. The predicted octanol–water partition coefficient (Wildman–Crippen LogP) is 5.67.